The maximum Gasteiger partial charge on any atom is 0.224 e. The van der Waals surface area contributed by atoms with Gasteiger partial charge in [-0.05, 0) is 6.92 Å². The van der Waals surface area contributed by atoms with Crippen LogP contribution in [0.15, 0.2) is 5.18 Å². The van der Waals surface area contributed by atoms with Gasteiger partial charge in [0, 0.05) is 25.8 Å². The van der Waals surface area contributed by atoms with Gasteiger partial charge < -0.3 is 11.1 Å². The van der Waals surface area contributed by atoms with Crippen molar-refractivity contribution in [3.63, 3.8) is 0 Å². The molecular formula is C11H19N3O4. The number of nitroso groups, excluding NO2 is 1. The highest BCUT2D eigenvalue weighted by Gasteiger charge is 2.31. The molecule has 0 aliphatic rings. The zero-order chi connectivity index (χ0) is 14.3. The number of nitrogens with one attached hydrogen (secondary N) is 1. The number of primary amides is 1. The molecular weight excluding hydrogens is 238 g/mol. The predicted octanol–water partition coefficient (Wildman–Crippen LogP) is -0.0258. The summed E-state index contributed by atoms with van der Waals surface area (Å²) in [6.07, 6.45) is -0.244. The normalized spacial score (nSPS) is 15.3. The Labute approximate surface area is 105 Å². The van der Waals surface area contributed by atoms with Crippen molar-refractivity contribution in [2.75, 3.05) is 7.05 Å². The van der Waals surface area contributed by atoms with Crippen LogP contribution in [0.4, 0.5) is 0 Å². The van der Waals surface area contributed by atoms with Crippen molar-refractivity contribution in [3.05, 3.63) is 4.91 Å². The molecule has 0 aliphatic heterocycles. The van der Waals surface area contributed by atoms with Gasteiger partial charge in [-0.1, -0.05) is 12.1 Å². The van der Waals surface area contributed by atoms with Crippen molar-refractivity contribution in [2.24, 2.45) is 22.7 Å². The van der Waals surface area contributed by atoms with Crippen LogP contribution in [0, 0.1) is 16.7 Å². The van der Waals surface area contributed by atoms with Gasteiger partial charge in [-0.25, -0.2) is 0 Å². The molecule has 7 nitrogen and oxygen atoms in total. The molecule has 2 amide bonds. The van der Waals surface area contributed by atoms with E-state index in [1.54, 1.807) is 6.92 Å². The average Bonchev–Trinajstić information content (AvgIpc) is 2.33. The second-order valence-electron chi connectivity index (χ2n) is 4.30. The van der Waals surface area contributed by atoms with Crippen LogP contribution in [0.2, 0.25) is 0 Å². The molecule has 3 atom stereocenters. The van der Waals surface area contributed by atoms with Crippen LogP contribution in [0.3, 0.4) is 0 Å². The summed E-state index contributed by atoms with van der Waals surface area (Å²) in [6.45, 7) is 3.06. The summed E-state index contributed by atoms with van der Waals surface area (Å²) in [7, 11) is 1.42. The quantitative estimate of drug-likeness (QED) is 0.593. The highest BCUT2D eigenvalue weighted by molar-refractivity contribution is 5.91. The largest absolute Gasteiger partial charge is 0.370 e. The molecule has 0 heterocycles. The third kappa shape index (κ3) is 5.03. The molecule has 7 heteroatoms. The summed E-state index contributed by atoms with van der Waals surface area (Å²) in [5.74, 6) is -2.83. The Hall–Kier alpha value is -1.79. The summed E-state index contributed by atoms with van der Waals surface area (Å²) < 4.78 is 0. The third-order valence-electron chi connectivity index (χ3n) is 2.79. The molecule has 0 rings (SSSR count). The van der Waals surface area contributed by atoms with Crippen LogP contribution in [0.1, 0.15) is 26.7 Å². The first-order chi connectivity index (χ1) is 8.33. The third-order valence-corrected chi connectivity index (χ3v) is 2.79. The maximum absolute atomic E-state index is 11.8. The van der Waals surface area contributed by atoms with E-state index < -0.39 is 29.7 Å². The molecule has 0 aromatic rings. The molecule has 0 spiro atoms. The summed E-state index contributed by atoms with van der Waals surface area (Å²) in [5, 5.41) is 5.12. The lowest BCUT2D eigenvalue weighted by atomic mass is 9.84. The number of rotatable bonds is 8. The second-order valence-corrected chi connectivity index (χ2v) is 4.30. The van der Waals surface area contributed by atoms with E-state index in [1.807, 2.05) is 0 Å². The van der Waals surface area contributed by atoms with Crippen molar-refractivity contribution in [1.29, 1.82) is 0 Å². The number of nitrogens with two attached hydrogens (primary N) is 1. The highest BCUT2D eigenvalue weighted by Crippen LogP contribution is 2.19. The lowest BCUT2D eigenvalue weighted by Gasteiger charge is -2.20. The number of hydrogen-bond donors (Lipinski definition) is 2. The molecule has 3 unspecified atom stereocenters. The van der Waals surface area contributed by atoms with Gasteiger partial charge in [0.25, 0.3) is 0 Å². The van der Waals surface area contributed by atoms with Crippen LogP contribution in [-0.2, 0) is 14.4 Å². The topological polar surface area (TPSA) is 119 Å². The molecule has 0 aromatic carbocycles. The average molecular weight is 257 g/mol. The van der Waals surface area contributed by atoms with E-state index in [0.29, 0.717) is 0 Å². The number of amides is 2. The van der Waals surface area contributed by atoms with Crippen LogP contribution in [0.25, 0.3) is 0 Å². The molecule has 0 fully saturated rings. The lowest BCUT2D eigenvalue weighted by Crippen LogP contribution is -2.38. The second kappa shape index (κ2) is 7.52. The molecule has 0 radical (unpaired) electrons. The smallest absolute Gasteiger partial charge is 0.224 e. The first-order valence-corrected chi connectivity index (χ1v) is 5.68. The Kier molecular flexibility index (Phi) is 6.77. The zero-order valence-corrected chi connectivity index (χ0v) is 10.8. The number of carbonyl (C=O) groups excluding carboxylic acids is 3. The van der Waals surface area contributed by atoms with Gasteiger partial charge >= 0.3 is 0 Å². The van der Waals surface area contributed by atoms with Crippen molar-refractivity contribution in [3.8, 4) is 0 Å². The molecule has 0 aliphatic carbocycles. The Bertz CT molecular complexity index is 343. The van der Waals surface area contributed by atoms with Gasteiger partial charge in [0.2, 0.25) is 11.8 Å². The van der Waals surface area contributed by atoms with Crippen molar-refractivity contribution < 1.29 is 14.4 Å². The Morgan fingerprint density at radius 2 is 1.78 bits per heavy atom. The monoisotopic (exact) mass is 257 g/mol. The van der Waals surface area contributed by atoms with Crippen LogP contribution >= 0.6 is 0 Å². The van der Waals surface area contributed by atoms with E-state index >= 15 is 0 Å². The van der Waals surface area contributed by atoms with Gasteiger partial charge in [0.1, 0.15) is 5.78 Å². The molecule has 102 valence electrons. The van der Waals surface area contributed by atoms with E-state index in [-0.39, 0.29) is 18.6 Å². The van der Waals surface area contributed by atoms with Gasteiger partial charge in [-0.15, -0.1) is 0 Å². The summed E-state index contributed by atoms with van der Waals surface area (Å²) >= 11 is 0. The fourth-order valence-electron chi connectivity index (χ4n) is 1.64. The minimum atomic E-state index is -0.807. The molecule has 0 aromatic heterocycles. The lowest BCUT2D eigenvalue weighted by molar-refractivity contribution is -0.135. The number of hydrogen-bond acceptors (Lipinski definition) is 5. The molecule has 0 bridgehead atoms. The standard InChI is InChI=1S/C11H19N3O4/c1-6(14-18)4-9(15)7(2)8(5-10(12)16)11(17)13-3/h6-8H,4-5H2,1-3H3,(H2,12,16)(H,13,17). The van der Waals surface area contributed by atoms with E-state index in [9.17, 15) is 19.3 Å². The highest BCUT2D eigenvalue weighted by atomic mass is 16.3. The number of ketones is 1. The minimum absolute atomic E-state index is 0.0447. The first kappa shape index (κ1) is 16.2. The fraction of sp³-hybridized carbons (Fsp3) is 0.727. The van der Waals surface area contributed by atoms with Crippen LogP contribution < -0.4 is 11.1 Å². The number of Topliss-reactive ketones (excluding diaryl/α,β-unsaturated/α-hetero) is 1. The SMILES string of the molecule is CNC(=O)C(CC(N)=O)C(C)C(=O)CC(C)N=O. The van der Waals surface area contributed by atoms with Crippen LogP contribution in [0.5, 0.6) is 0 Å². The molecule has 3 N–H and O–H groups in total. The molecule has 0 saturated heterocycles. The summed E-state index contributed by atoms with van der Waals surface area (Å²) in [4.78, 5) is 44.6. The molecule has 18 heavy (non-hydrogen) atoms. The maximum atomic E-state index is 11.8. The van der Waals surface area contributed by atoms with E-state index in [0.717, 1.165) is 0 Å². The Balaban J connectivity index is 4.78. The van der Waals surface area contributed by atoms with Gasteiger partial charge in [-0.2, -0.15) is 4.91 Å². The number of nitrogens with zero attached hydrogens (tertiary/aromatic N) is 1. The van der Waals surface area contributed by atoms with E-state index in [2.05, 4.69) is 10.5 Å². The van der Waals surface area contributed by atoms with Crippen molar-refractivity contribution in [1.82, 2.24) is 5.32 Å². The summed E-state index contributed by atoms with van der Waals surface area (Å²) in [6, 6.07) is -0.640. The van der Waals surface area contributed by atoms with E-state index in [4.69, 9.17) is 5.73 Å². The summed E-state index contributed by atoms with van der Waals surface area (Å²) in [5.41, 5.74) is 5.05. The van der Waals surface area contributed by atoms with Gasteiger partial charge in [0.15, 0.2) is 0 Å². The minimum Gasteiger partial charge on any atom is -0.370 e. The first-order valence-electron chi connectivity index (χ1n) is 5.68. The van der Waals surface area contributed by atoms with Crippen LogP contribution in [-0.4, -0.2) is 30.7 Å². The Morgan fingerprint density at radius 3 is 2.17 bits per heavy atom. The zero-order valence-electron chi connectivity index (χ0n) is 10.8. The molecule has 0 saturated carbocycles. The van der Waals surface area contributed by atoms with Gasteiger partial charge in [-0.3, -0.25) is 14.4 Å². The number of carbonyl (C=O) groups is 3. The van der Waals surface area contributed by atoms with E-state index in [1.165, 1.54) is 14.0 Å². The fourth-order valence-corrected chi connectivity index (χ4v) is 1.64. The van der Waals surface area contributed by atoms with Crippen molar-refractivity contribution in [2.45, 2.75) is 32.7 Å². The Morgan fingerprint density at radius 1 is 1.22 bits per heavy atom. The van der Waals surface area contributed by atoms with Crippen molar-refractivity contribution >= 4 is 17.6 Å². The predicted molar refractivity (Wildman–Crippen MR) is 65.4 cm³/mol. The van der Waals surface area contributed by atoms with Gasteiger partial charge in [0.05, 0.1) is 12.0 Å².